The second-order valence-corrected chi connectivity index (χ2v) is 3.65. The number of nitrogens with one attached hydrogen (secondary N) is 1. The Hall–Kier alpha value is -1.34. The fourth-order valence-electron chi connectivity index (χ4n) is 0.922. The quantitative estimate of drug-likeness (QED) is 0.365. The van der Waals surface area contributed by atoms with Gasteiger partial charge >= 0.3 is 12.0 Å². The van der Waals surface area contributed by atoms with Crippen LogP contribution in [0.5, 0.6) is 5.75 Å². The predicted molar refractivity (Wildman–Crippen MR) is 56.1 cm³/mol. The van der Waals surface area contributed by atoms with Crippen LogP contribution in [-0.4, -0.2) is 18.3 Å². The number of hydrazine groups is 1. The van der Waals surface area contributed by atoms with Crippen molar-refractivity contribution >= 4 is 17.7 Å². The Morgan fingerprint density at radius 1 is 1.44 bits per heavy atom. The molecule has 88 valence electrons. The zero-order valence-corrected chi connectivity index (χ0v) is 9.18. The Balaban J connectivity index is 2.76. The van der Waals surface area contributed by atoms with Crippen LogP contribution in [0.25, 0.3) is 0 Å². The molecule has 4 nitrogen and oxygen atoms in total. The third-order valence-corrected chi connectivity index (χ3v) is 2.44. The van der Waals surface area contributed by atoms with Crippen molar-refractivity contribution in [1.29, 1.82) is 0 Å². The van der Waals surface area contributed by atoms with Gasteiger partial charge in [0.1, 0.15) is 5.75 Å². The van der Waals surface area contributed by atoms with Crippen molar-refractivity contribution in [2.75, 3.05) is 6.26 Å². The summed E-state index contributed by atoms with van der Waals surface area (Å²) < 4.78 is 30.2. The lowest BCUT2D eigenvalue weighted by Gasteiger charge is -2.15. The average molecular weight is 248 g/mol. The molecule has 0 bridgehead atoms. The van der Waals surface area contributed by atoms with Crippen LogP contribution < -0.4 is 16.0 Å². The van der Waals surface area contributed by atoms with Crippen LogP contribution in [0, 0.1) is 0 Å². The summed E-state index contributed by atoms with van der Waals surface area (Å²) in [6.45, 7) is 0. The molecule has 1 aromatic rings. The van der Waals surface area contributed by atoms with E-state index in [9.17, 15) is 13.6 Å². The van der Waals surface area contributed by atoms with Crippen LogP contribution in [0.3, 0.4) is 0 Å². The van der Waals surface area contributed by atoms with E-state index in [1.165, 1.54) is 29.3 Å². The number of ether oxygens (including phenoxy) is 1. The summed E-state index contributed by atoms with van der Waals surface area (Å²) in [5, 5.41) is 0. The molecule has 0 radical (unpaired) electrons. The molecule has 0 atom stereocenters. The summed E-state index contributed by atoms with van der Waals surface area (Å²) in [4.78, 5) is 11.5. The number of hydrogen-bond acceptors (Lipinski definition) is 4. The Morgan fingerprint density at radius 2 is 2.00 bits per heavy atom. The Labute approximate surface area is 95.1 Å². The van der Waals surface area contributed by atoms with Crippen molar-refractivity contribution in [3.05, 3.63) is 24.3 Å². The fourth-order valence-corrected chi connectivity index (χ4v) is 1.33. The Kier molecular flexibility index (Phi) is 4.08. The van der Waals surface area contributed by atoms with Gasteiger partial charge in [0.05, 0.1) is 0 Å². The number of hydrogen-bond donors (Lipinski definition) is 2. The summed E-state index contributed by atoms with van der Waals surface area (Å²) >= 11 is 1.46. The summed E-state index contributed by atoms with van der Waals surface area (Å²) in [6.07, 6.45) is -2.12. The van der Waals surface area contributed by atoms with E-state index in [4.69, 9.17) is 0 Å². The molecule has 1 amide bonds. The van der Waals surface area contributed by atoms with Gasteiger partial charge < -0.3 is 4.74 Å². The number of carbonyl (C=O) groups is 1. The lowest BCUT2D eigenvalue weighted by atomic mass is 10.3. The van der Waals surface area contributed by atoms with Crippen molar-refractivity contribution in [2.45, 2.75) is 11.0 Å². The van der Waals surface area contributed by atoms with Gasteiger partial charge in [-0.25, -0.2) is 5.84 Å². The van der Waals surface area contributed by atoms with Crippen LogP contribution in [0.15, 0.2) is 29.2 Å². The molecule has 16 heavy (non-hydrogen) atoms. The van der Waals surface area contributed by atoms with Gasteiger partial charge in [-0.2, -0.15) is 8.78 Å². The van der Waals surface area contributed by atoms with E-state index in [0.29, 0.717) is 0 Å². The van der Waals surface area contributed by atoms with Gasteiger partial charge in [-0.15, -0.1) is 11.8 Å². The third kappa shape index (κ3) is 3.07. The molecule has 3 N–H and O–H groups in total. The van der Waals surface area contributed by atoms with Gasteiger partial charge in [0, 0.05) is 4.90 Å². The highest BCUT2D eigenvalue weighted by atomic mass is 32.2. The molecule has 0 aliphatic rings. The topological polar surface area (TPSA) is 64.3 Å². The van der Waals surface area contributed by atoms with Crippen molar-refractivity contribution in [3.8, 4) is 5.75 Å². The molecule has 0 unspecified atom stereocenters. The summed E-state index contributed by atoms with van der Waals surface area (Å²) in [5.41, 5.74) is 1.33. The first-order valence-corrected chi connectivity index (χ1v) is 5.44. The van der Waals surface area contributed by atoms with Crippen LogP contribution in [0.1, 0.15) is 0 Å². The molecule has 0 aliphatic carbocycles. The van der Waals surface area contributed by atoms with Gasteiger partial charge in [0.25, 0.3) is 0 Å². The van der Waals surface area contributed by atoms with Crippen molar-refractivity contribution in [3.63, 3.8) is 0 Å². The second kappa shape index (κ2) is 5.13. The first-order chi connectivity index (χ1) is 7.49. The Bertz CT molecular complexity index is 370. The number of benzene rings is 1. The minimum Gasteiger partial charge on any atom is -0.425 e. The van der Waals surface area contributed by atoms with E-state index in [-0.39, 0.29) is 5.75 Å². The largest absolute Gasteiger partial charge is 0.483 e. The van der Waals surface area contributed by atoms with Crippen LogP contribution in [-0.2, 0) is 4.79 Å². The lowest BCUT2D eigenvalue weighted by molar-refractivity contribution is -0.192. The van der Waals surface area contributed by atoms with Crippen molar-refractivity contribution in [1.82, 2.24) is 5.43 Å². The molecular weight excluding hydrogens is 238 g/mol. The highest BCUT2D eigenvalue weighted by molar-refractivity contribution is 7.98. The van der Waals surface area contributed by atoms with Gasteiger partial charge in [0.2, 0.25) is 0 Å². The molecule has 0 saturated heterocycles. The molecule has 0 aliphatic heterocycles. The summed E-state index contributed by atoms with van der Waals surface area (Å²) in [7, 11) is 0. The maximum Gasteiger partial charge on any atom is 0.483 e. The zero-order chi connectivity index (χ0) is 12.2. The highest BCUT2D eigenvalue weighted by Crippen LogP contribution is 2.24. The number of nitrogens with two attached hydrogens (primary N) is 1. The SMILES string of the molecule is CSc1ccc(OC(F)(F)C(=O)NN)cc1. The molecule has 7 heteroatoms. The number of alkyl halides is 2. The van der Waals surface area contributed by atoms with Crippen molar-refractivity contribution < 1.29 is 18.3 Å². The third-order valence-electron chi connectivity index (χ3n) is 1.70. The monoisotopic (exact) mass is 248 g/mol. The number of thioether (sulfide) groups is 1. The molecule has 0 spiro atoms. The van der Waals surface area contributed by atoms with E-state index in [1.54, 1.807) is 12.1 Å². The molecule has 0 fully saturated rings. The fraction of sp³-hybridized carbons (Fsp3) is 0.222. The van der Waals surface area contributed by atoms with E-state index in [0.717, 1.165) is 4.90 Å². The van der Waals surface area contributed by atoms with E-state index >= 15 is 0 Å². The van der Waals surface area contributed by atoms with Gasteiger partial charge in [-0.3, -0.25) is 10.2 Å². The van der Waals surface area contributed by atoms with E-state index < -0.39 is 12.0 Å². The van der Waals surface area contributed by atoms with Crippen LogP contribution >= 0.6 is 11.8 Å². The molecule has 1 rings (SSSR count). The van der Waals surface area contributed by atoms with Gasteiger partial charge in [-0.05, 0) is 30.5 Å². The van der Waals surface area contributed by atoms with Crippen LogP contribution in [0.4, 0.5) is 8.78 Å². The Morgan fingerprint density at radius 3 is 2.44 bits per heavy atom. The first-order valence-electron chi connectivity index (χ1n) is 4.21. The van der Waals surface area contributed by atoms with Gasteiger partial charge in [-0.1, -0.05) is 0 Å². The van der Waals surface area contributed by atoms with Crippen LogP contribution in [0.2, 0.25) is 0 Å². The van der Waals surface area contributed by atoms with E-state index in [2.05, 4.69) is 10.6 Å². The molecule has 0 saturated carbocycles. The minimum absolute atomic E-state index is 0.105. The molecule has 0 aromatic heterocycles. The average Bonchev–Trinajstić information content (AvgIpc) is 2.28. The zero-order valence-electron chi connectivity index (χ0n) is 8.37. The first kappa shape index (κ1) is 12.7. The van der Waals surface area contributed by atoms with Crippen molar-refractivity contribution in [2.24, 2.45) is 5.84 Å². The number of rotatable bonds is 4. The lowest BCUT2D eigenvalue weighted by Crippen LogP contribution is -2.47. The second-order valence-electron chi connectivity index (χ2n) is 2.77. The molecule has 1 aromatic carbocycles. The maximum absolute atomic E-state index is 13.0. The number of halogens is 2. The molecular formula is C9H10F2N2O2S. The smallest absolute Gasteiger partial charge is 0.425 e. The number of carbonyl (C=O) groups excluding carboxylic acids is 1. The van der Waals surface area contributed by atoms with Gasteiger partial charge in [0.15, 0.2) is 0 Å². The number of amides is 1. The molecule has 0 heterocycles. The highest BCUT2D eigenvalue weighted by Gasteiger charge is 2.41. The standard InChI is InChI=1S/C9H10F2N2O2S/c1-16-7-4-2-6(3-5-7)15-9(10,11)8(14)13-12/h2-5H,12H2,1H3,(H,13,14). The summed E-state index contributed by atoms with van der Waals surface area (Å²) in [5.74, 6) is 2.80. The maximum atomic E-state index is 13.0. The predicted octanol–water partition coefficient (Wildman–Crippen LogP) is 1.37. The van der Waals surface area contributed by atoms with E-state index in [1.807, 2.05) is 6.26 Å². The normalized spacial score (nSPS) is 11.0. The summed E-state index contributed by atoms with van der Waals surface area (Å²) in [6, 6.07) is 5.92. The minimum atomic E-state index is -3.98.